The zero-order chi connectivity index (χ0) is 31.3. The molecule has 1 aliphatic rings. The molecular weight excluding hydrogens is 591 g/mol. The van der Waals surface area contributed by atoms with Crippen LogP contribution < -0.4 is 4.74 Å². The van der Waals surface area contributed by atoms with Crippen molar-refractivity contribution in [3.63, 3.8) is 0 Å². The van der Waals surface area contributed by atoms with Crippen LogP contribution in [-0.4, -0.2) is 74.9 Å². The van der Waals surface area contributed by atoms with Crippen molar-refractivity contribution >= 4 is 23.6 Å². The first-order valence-corrected chi connectivity index (χ1v) is 15.2. The van der Waals surface area contributed by atoms with E-state index in [1.807, 2.05) is 66.1 Å². The number of carbonyl (C=O) groups excluding carboxylic acids is 2. The van der Waals surface area contributed by atoms with Gasteiger partial charge in [-0.15, -0.1) is 10.2 Å². The van der Waals surface area contributed by atoms with Crippen LogP contribution in [0.3, 0.4) is 0 Å². The van der Waals surface area contributed by atoms with Crippen molar-refractivity contribution in [1.29, 1.82) is 0 Å². The summed E-state index contributed by atoms with van der Waals surface area (Å²) in [5.41, 5.74) is 1.22. The summed E-state index contributed by atoms with van der Waals surface area (Å²) in [5.74, 6) is 1.77. The van der Waals surface area contributed by atoms with Crippen LogP contribution in [0, 0.1) is 0 Å². The number of hydrogen-bond donors (Lipinski definition) is 0. The normalized spacial score (nSPS) is 15.3. The lowest BCUT2D eigenvalue weighted by Gasteiger charge is -2.40. The van der Waals surface area contributed by atoms with Gasteiger partial charge in [0.15, 0.2) is 11.0 Å². The van der Waals surface area contributed by atoms with Gasteiger partial charge in [0.25, 0.3) is 5.91 Å². The average Bonchev–Trinajstić information content (AvgIpc) is 3.46. The van der Waals surface area contributed by atoms with Gasteiger partial charge in [-0.25, -0.2) is 0 Å². The molecule has 0 spiro atoms. The minimum Gasteiger partial charge on any atom is -0.497 e. The average molecular weight is 624 g/mol. The Kier molecular flexibility index (Phi) is 9.58. The topological polar surface area (TPSA) is 80.6 Å². The number of amides is 2. The molecule has 2 heterocycles. The van der Waals surface area contributed by atoms with E-state index in [1.54, 1.807) is 16.9 Å². The number of nitrogens with zero attached hydrogens (tertiary/aromatic N) is 5. The molecule has 0 N–H and O–H groups in total. The van der Waals surface area contributed by atoms with Gasteiger partial charge in [0, 0.05) is 54.7 Å². The Morgan fingerprint density at radius 1 is 0.955 bits per heavy atom. The molecule has 1 unspecified atom stereocenters. The molecule has 0 radical (unpaired) electrons. The van der Waals surface area contributed by atoms with Crippen molar-refractivity contribution in [2.24, 2.45) is 0 Å². The number of ether oxygens (including phenoxy) is 1. The largest absolute Gasteiger partial charge is 0.497 e. The summed E-state index contributed by atoms with van der Waals surface area (Å²) in [6, 6.07) is 21.4. The number of alkyl halides is 3. The van der Waals surface area contributed by atoms with Crippen molar-refractivity contribution in [2.45, 2.75) is 37.1 Å². The Morgan fingerprint density at radius 3 is 2.30 bits per heavy atom. The van der Waals surface area contributed by atoms with Crippen LogP contribution in [0.15, 0.2) is 84.0 Å². The van der Waals surface area contributed by atoms with Gasteiger partial charge in [-0.1, -0.05) is 42.1 Å². The van der Waals surface area contributed by atoms with Crippen LogP contribution in [0.2, 0.25) is 0 Å². The first-order chi connectivity index (χ1) is 21.2. The molecule has 44 heavy (non-hydrogen) atoms. The molecule has 4 aromatic rings. The molecule has 1 aliphatic heterocycles. The third-order valence-electron chi connectivity index (χ3n) is 7.46. The fourth-order valence-electron chi connectivity index (χ4n) is 5.10. The van der Waals surface area contributed by atoms with Gasteiger partial charge in [-0.05, 0) is 61.9 Å². The van der Waals surface area contributed by atoms with Crippen LogP contribution >= 0.6 is 11.8 Å². The molecule has 1 aromatic heterocycles. The van der Waals surface area contributed by atoms with Gasteiger partial charge >= 0.3 is 6.18 Å². The zero-order valence-electron chi connectivity index (χ0n) is 24.3. The fourth-order valence-corrected chi connectivity index (χ4v) is 5.99. The van der Waals surface area contributed by atoms with Gasteiger partial charge in [0.05, 0.1) is 12.7 Å². The van der Waals surface area contributed by atoms with Crippen molar-refractivity contribution in [3.05, 3.63) is 90.0 Å². The van der Waals surface area contributed by atoms with Crippen LogP contribution in [0.1, 0.15) is 35.7 Å². The molecule has 12 heteroatoms. The summed E-state index contributed by atoms with van der Waals surface area (Å²) in [6.45, 7) is 2.89. The maximum Gasteiger partial charge on any atom is 0.416 e. The van der Waals surface area contributed by atoms with Crippen LogP contribution in [0.5, 0.6) is 5.75 Å². The molecule has 1 atom stereocenters. The predicted octanol–water partition coefficient (Wildman–Crippen LogP) is 6.21. The number of rotatable bonds is 9. The third kappa shape index (κ3) is 7.07. The first-order valence-electron chi connectivity index (χ1n) is 14.2. The minimum absolute atomic E-state index is 0.000625. The summed E-state index contributed by atoms with van der Waals surface area (Å²) in [5, 5.41) is 9.63. The molecule has 1 fully saturated rings. The Morgan fingerprint density at radius 2 is 1.66 bits per heavy atom. The number of hydrogen-bond acceptors (Lipinski definition) is 6. The number of aromatic nitrogens is 3. The van der Waals surface area contributed by atoms with E-state index < -0.39 is 11.7 Å². The number of methoxy groups -OCH3 is 1. The highest BCUT2D eigenvalue weighted by Crippen LogP contribution is 2.31. The van der Waals surface area contributed by atoms with E-state index in [9.17, 15) is 22.8 Å². The Bertz CT molecular complexity index is 1580. The van der Waals surface area contributed by atoms with E-state index in [2.05, 4.69) is 10.2 Å². The highest BCUT2D eigenvalue weighted by molar-refractivity contribution is 7.99. The summed E-state index contributed by atoms with van der Waals surface area (Å²) in [7, 11) is 1.62. The molecule has 230 valence electrons. The monoisotopic (exact) mass is 623 g/mol. The van der Waals surface area contributed by atoms with Crippen molar-refractivity contribution < 1.29 is 27.5 Å². The predicted molar refractivity (Wildman–Crippen MR) is 162 cm³/mol. The van der Waals surface area contributed by atoms with Gasteiger partial charge in [-0.2, -0.15) is 13.2 Å². The molecule has 0 bridgehead atoms. The molecule has 0 saturated carbocycles. The Labute approximate surface area is 257 Å². The van der Waals surface area contributed by atoms with Gasteiger partial charge < -0.3 is 14.5 Å². The van der Waals surface area contributed by atoms with Crippen molar-refractivity contribution in [2.75, 3.05) is 32.5 Å². The van der Waals surface area contributed by atoms with E-state index in [0.717, 1.165) is 29.1 Å². The fraction of sp³-hybridized carbons (Fsp3) is 0.312. The number of carbonyl (C=O) groups is 2. The molecule has 2 amide bonds. The summed E-state index contributed by atoms with van der Waals surface area (Å²) in [4.78, 5) is 29.4. The summed E-state index contributed by atoms with van der Waals surface area (Å²) >= 11 is 1.52. The lowest BCUT2D eigenvalue weighted by atomic mass is 10.1. The SMILES string of the molecule is COc1ccc(-n2c(SCCCC(=O)N3CCN(C(=O)c4ccc(C(F)(F)F)cc4)C(C)C3)nnc2-c2ccccc2)cc1. The highest BCUT2D eigenvalue weighted by Gasteiger charge is 2.32. The Balaban J connectivity index is 1.16. The van der Waals surface area contributed by atoms with E-state index in [-0.39, 0.29) is 23.4 Å². The smallest absolute Gasteiger partial charge is 0.416 e. The second-order valence-corrected chi connectivity index (χ2v) is 11.5. The van der Waals surface area contributed by atoms with E-state index >= 15 is 0 Å². The zero-order valence-corrected chi connectivity index (χ0v) is 25.1. The number of thioether (sulfide) groups is 1. The molecule has 8 nitrogen and oxygen atoms in total. The first kappa shape index (κ1) is 31.1. The van der Waals surface area contributed by atoms with Crippen molar-refractivity contribution in [1.82, 2.24) is 24.6 Å². The second-order valence-electron chi connectivity index (χ2n) is 10.4. The third-order valence-corrected chi connectivity index (χ3v) is 8.48. The van der Waals surface area contributed by atoms with Gasteiger partial charge in [-0.3, -0.25) is 14.2 Å². The number of halogens is 3. The highest BCUT2D eigenvalue weighted by atomic mass is 32.2. The molecule has 1 saturated heterocycles. The summed E-state index contributed by atoms with van der Waals surface area (Å²) < 4.78 is 46.0. The lowest BCUT2D eigenvalue weighted by molar-refractivity contribution is -0.137. The van der Waals surface area contributed by atoms with Gasteiger partial charge in [0.1, 0.15) is 5.75 Å². The van der Waals surface area contributed by atoms with Crippen LogP contribution in [0.25, 0.3) is 17.1 Å². The minimum atomic E-state index is -4.46. The van der Waals surface area contributed by atoms with E-state index in [4.69, 9.17) is 4.74 Å². The molecule has 0 aliphatic carbocycles. The summed E-state index contributed by atoms with van der Waals surface area (Å²) in [6.07, 6.45) is -3.49. The maximum absolute atomic E-state index is 13.0. The molecular formula is C32H32F3N5O3S. The molecule has 5 rings (SSSR count). The number of benzene rings is 3. The molecule has 3 aromatic carbocycles. The lowest BCUT2D eigenvalue weighted by Crippen LogP contribution is -2.55. The number of piperazine rings is 1. The maximum atomic E-state index is 13.0. The van der Waals surface area contributed by atoms with Crippen LogP contribution in [0.4, 0.5) is 13.2 Å². The standard InChI is InChI=1S/C32H32F3N5O3S/c1-22-21-38(18-19-39(22)30(42)24-10-12-25(13-11-24)32(33,34)35)28(41)9-6-20-44-31-37-36-29(23-7-4-3-5-8-23)40(31)26-14-16-27(43-2)17-15-26/h3-5,7-8,10-17,22H,6,9,18-21H2,1-2H3. The van der Waals surface area contributed by atoms with Crippen molar-refractivity contribution in [3.8, 4) is 22.8 Å². The second kappa shape index (κ2) is 13.5. The quantitative estimate of drug-likeness (QED) is 0.163. The van der Waals surface area contributed by atoms with Gasteiger partial charge in [0.2, 0.25) is 5.91 Å². The van der Waals surface area contributed by atoms with Crippen LogP contribution in [-0.2, 0) is 11.0 Å². The Hall–Kier alpha value is -4.32. The van der Waals surface area contributed by atoms with E-state index in [0.29, 0.717) is 49.2 Å². The van der Waals surface area contributed by atoms with E-state index in [1.165, 1.54) is 23.9 Å².